The van der Waals surface area contributed by atoms with E-state index >= 15 is 0 Å². The molecule has 180 valence electrons. The summed E-state index contributed by atoms with van der Waals surface area (Å²) in [7, 11) is 0. The molecule has 1 N–H and O–H groups in total. The third-order valence-electron chi connectivity index (χ3n) is 5.71. The molecule has 0 spiro atoms. The summed E-state index contributed by atoms with van der Waals surface area (Å²) in [5.74, 6) is -0.734. The Morgan fingerprint density at radius 2 is 2.09 bits per heavy atom. The number of alkyl halides is 2. The van der Waals surface area contributed by atoms with Gasteiger partial charge in [0, 0.05) is 55.8 Å². The minimum atomic E-state index is -3.03. The number of carbonyl (C=O) groups is 1. The second-order valence-electron chi connectivity index (χ2n) is 8.03. The number of ether oxygens (including phenoxy) is 1. The molecule has 0 saturated heterocycles. The van der Waals surface area contributed by atoms with Crippen LogP contribution in [0.1, 0.15) is 42.1 Å². The number of hydrogen-bond acceptors (Lipinski definition) is 7. The maximum atomic E-state index is 13.0. The van der Waals surface area contributed by atoms with Crippen LogP contribution in [0.4, 0.5) is 14.6 Å². The highest BCUT2D eigenvalue weighted by Gasteiger charge is 2.19. The molecule has 0 fully saturated rings. The molecule has 4 rings (SSSR count). The van der Waals surface area contributed by atoms with E-state index in [1.165, 1.54) is 39.2 Å². The molecule has 0 saturated carbocycles. The first kappa shape index (κ1) is 23.4. The van der Waals surface area contributed by atoms with Crippen LogP contribution in [0, 0.1) is 0 Å². The second-order valence-corrected chi connectivity index (χ2v) is 8.03. The van der Waals surface area contributed by atoms with Gasteiger partial charge in [0.25, 0.3) is 0 Å². The number of aryl methyl sites for hydroxylation is 3. The predicted octanol–water partition coefficient (Wildman–Crippen LogP) is 1.76. The van der Waals surface area contributed by atoms with Crippen molar-refractivity contribution >= 4 is 11.8 Å². The van der Waals surface area contributed by atoms with Crippen molar-refractivity contribution in [3.05, 3.63) is 70.2 Å². The van der Waals surface area contributed by atoms with Crippen molar-refractivity contribution in [2.24, 2.45) is 0 Å². The summed E-state index contributed by atoms with van der Waals surface area (Å²) in [4.78, 5) is 32.7. The van der Waals surface area contributed by atoms with Gasteiger partial charge in [0.1, 0.15) is 5.82 Å². The fourth-order valence-corrected chi connectivity index (χ4v) is 4.06. The smallest absolute Gasteiger partial charge is 0.388 e. The summed E-state index contributed by atoms with van der Waals surface area (Å²) < 4.78 is 31.7. The van der Waals surface area contributed by atoms with Crippen LogP contribution in [0.2, 0.25) is 0 Å². The van der Waals surface area contributed by atoms with Crippen LogP contribution in [-0.2, 0) is 24.2 Å². The molecular weight excluding hydrogens is 448 g/mol. The molecule has 34 heavy (non-hydrogen) atoms. The van der Waals surface area contributed by atoms with Crippen molar-refractivity contribution in [2.75, 3.05) is 11.9 Å². The molecule has 1 aliphatic rings. The number of aliphatic carboxylic acids is 1. The summed E-state index contributed by atoms with van der Waals surface area (Å²) in [5, 5.41) is 14.6. The number of carboxylic acids is 1. The summed E-state index contributed by atoms with van der Waals surface area (Å²) >= 11 is 0. The van der Waals surface area contributed by atoms with Gasteiger partial charge >= 0.3 is 12.3 Å². The zero-order valence-electron chi connectivity index (χ0n) is 18.3. The Labute approximate surface area is 194 Å². The van der Waals surface area contributed by atoms with Crippen molar-refractivity contribution in [3.63, 3.8) is 0 Å². The molecule has 1 atom stereocenters. The Hall–Kier alpha value is -3.76. The van der Waals surface area contributed by atoms with Crippen LogP contribution in [-0.4, -0.2) is 38.2 Å². The number of carboxylic acid groups (broad SMARTS) is 1. The zero-order chi connectivity index (χ0) is 24.1. The Morgan fingerprint density at radius 1 is 1.24 bits per heavy atom. The summed E-state index contributed by atoms with van der Waals surface area (Å²) in [5.41, 5.74) is 2.12. The standard InChI is InChI=1S/C23H25F2N5O4/c24-22(25)34-19-8-6-16(14-27-19)18(13-20(31)32)30-12-11-29(23(30)33)10-2-4-17-7-5-15-3-1-9-26-21(15)28-17/h5-8,11-12,14,18,22H,1-4,9-10,13H2,(H,26,28)(H,31,32)/p-1. The van der Waals surface area contributed by atoms with Crippen LogP contribution in [0.5, 0.6) is 5.88 Å². The van der Waals surface area contributed by atoms with Crippen LogP contribution >= 0.6 is 0 Å². The predicted molar refractivity (Wildman–Crippen MR) is 117 cm³/mol. The number of fused-ring (bicyclic) bond motifs is 1. The van der Waals surface area contributed by atoms with E-state index in [-0.39, 0.29) is 11.6 Å². The van der Waals surface area contributed by atoms with Gasteiger partial charge in [-0.05, 0) is 42.9 Å². The molecule has 3 aromatic heterocycles. The molecule has 4 heterocycles. The van der Waals surface area contributed by atoms with Gasteiger partial charge in [-0.25, -0.2) is 14.8 Å². The average Bonchev–Trinajstić information content (AvgIpc) is 3.17. The third kappa shape index (κ3) is 5.59. The van der Waals surface area contributed by atoms with Crippen LogP contribution in [0.25, 0.3) is 0 Å². The van der Waals surface area contributed by atoms with E-state index in [1.54, 1.807) is 6.20 Å². The summed E-state index contributed by atoms with van der Waals surface area (Å²) in [6.45, 7) is -1.69. The maximum Gasteiger partial charge on any atom is 0.388 e. The highest BCUT2D eigenvalue weighted by Crippen LogP contribution is 2.23. The summed E-state index contributed by atoms with van der Waals surface area (Å²) in [6.07, 6.45) is 7.29. The minimum Gasteiger partial charge on any atom is -0.550 e. The van der Waals surface area contributed by atoms with E-state index in [9.17, 15) is 23.5 Å². The molecule has 11 heteroatoms. The normalized spacial score (nSPS) is 13.9. The lowest BCUT2D eigenvalue weighted by Gasteiger charge is -2.19. The van der Waals surface area contributed by atoms with Gasteiger partial charge in [0.05, 0.1) is 6.04 Å². The monoisotopic (exact) mass is 472 g/mol. The van der Waals surface area contributed by atoms with E-state index in [1.807, 2.05) is 6.07 Å². The first-order chi connectivity index (χ1) is 16.4. The highest BCUT2D eigenvalue weighted by atomic mass is 19.3. The van der Waals surface area contributed by atoms with Gasteiger partial charge in [-0.1, -0.05) is 12.1 Å². The van der Waals surface area contributed by atoms with Gasteiger partial charge in [0.15, 0.2) is 0 Å². The fourth-order valence-electron chi connectivity index (χ4n) is 4.06. The van der Waals surface area contributed by atoms with E-state index in [0.29, 0.717) is 24.9 Å². The van der Waals surface area contributed by atoms with E-state index < -0.39 is 25.0 Å². The maximum absolute atomic E-state index is 13.0. The van der Waals surface area contributed by atoms with Crippen LogP contribution in [0.3, 0.4) is 0 Å². The molecule has 9 nitrogen and oxygen atoms in total. The number of pyridine rings is 2. The molecule has 0 aliphatic carbocycles. The van der Waals surface area contributed by atoms with Crippen molar-refractivity contribution < 1.29 is 23.4 Å². The number of anilines is 1. The summed E-state index contributed by atoms with van der Waals surface area (Å²) in [6, 6.07) is 5.79. The number of rotatable bonds is 10. The van der Waals surface area contributed by atoms with Gasteiger partial charge in [-0.3, -0.25) is 9.13 Å². The van der Waals surface area contributed by atoms with Gasteiger partial charge < -0.3 is 20.0 Å². The van der Waals surface area contributed by atoms with Crippen molar-refractivity contribution in [1.29, 1.82) is 0 Å². The number of nitrogens with one attached hydrogen (secondary N) is 1. The highest BCUT2D eigenvalue weighted by molar-refractivity contribution is 5.65. The first-order valence-electron chi connectivity index (χ1n) is 11.0. The molecule has 3 aromatic rings. The van der Waals surface area contributed by atoms with Gasteiger partial charge in [-0.15, -0.1) is 0 Å². The van der Waals surface area contributed by atoms with E-state index in [4.69, 9.17) is 0 Å². The van der Waals surface area contributed by atoms with Crippen molar-refractivity contribution in [2.45, 2.75) is 51.3 Å². The Bertz CT molecular complexity index is 1190. The Balaban J connectivity index is 1.45. The van der Waals surface area contributed by atoms with Gasteiger partial charge in [-0.2, -0.15) is 8.78 Å². The lowest BCUT2D eigenvalue weighted by Crippen LogP contribution is -2.32. The fraction of sp³-hybridized carbons (Fsp3) is 0.391. The topological polar surface area (TPSA) is 114 Å². The molecule has 0 radical (unpaired) electrons. The molecular formula is C23H24F2N5O4-. The Morgan fingerprint density at radius 3 is 2.82 bits per heavy atom. The number of hydrogen-bond donors (Lipinski definition) is 1. The molecule has 1 aliphatic heterocycles. The lowest BCUT2D eigenvalue weighted by molar-refractivity contribution is -0.306. The third-order valence-corrected chi connectivity index (χ3v) is 5.71. The van der Waals surface area contributed by atoms with E-state index in [0.717, 1.165) is 30.9 Å². The van der Waals surface area contributed by atoms with Crippen molar-refractivity contribution in [1.82, 2.24) is 19.1 Å². The van der Waals surface area contributed by atoms with Crippen molar-refractivity contribution in [3.8, 4) is 5.88 Å². The zero-order valence-corrected chi connectivity index (χ0v) is 18.3. The molecule has 0 bridgehead atoms. The average molecular weight is 472 g/mol. The number of nitrogens with zero attached hydrogens (tertiary/aromatic N) is 4. The molecule has 1 unspecified atom stereocenters. The second kappa shape index (κ2) is 10.4. The number of halogens is 2. The SMILES string of the molecule is O=C([O-])CC(c1ccc(OC(F)F)nc1)n1ccn(CCCc2ccc3c(n2)NCCC3)c1=O. The first-order valence-corrected chi connectivity index (χ1v) is 11.0. The molecule has 0 amide bonds. The quantitative estimate of drug-likeness (QED) is 0.478. The lowest BCUT2D eigenvalue weighted by atomic mass is 10.1. The Kier molecular flexibility index (Phi) is 7.19. The molecule has 0 aromatic carbocycles. The number of carbonyl (C=O) groups excluding carboxylic acids is 1. The minimum absolute atomic E-state index is 0.304. The van der Waals surface area contributed by atoms with Crippen LogP contribution in [0.15, 0.2) is 47.7 Å². The number of aromatic nitrogens is 4. The van der Waals surface area contributed by atoms with Gasteiger partial charge in [0.2, 0.25) is 5.88 Å². The number of imidazole rings is 1. The largest absolute Gasteiger partial charge is 0.550 e. The van der Waals surface area contributed by atoms with E-state index in [2.05, 4.69) is 26.1 Å². The van der Waals surface area contributed by atoms with Crippen LogP contribution < -0.4 is 20.8 Å².